The minimum atomic E-state index is -5.10. The number of aliphatic hydroxyl groups excluding tert-OH is 4. The summed E-state index contributed by atoms with van der Waals surface area (Å²) in [5, 5.41) is 45.5. The maximum absolute atomic E-state index is 11.7. The minimum Gasteiger partial charge on any atom is -0.393 e. The molecule has 2 aliphatic rings. The average Bonchev–Trinajstić information content (AvgIpc) is 3.47. The van der Waals surface area contributed by atoms with E-state index in [9.17, 15) is 34.8 Å². The van der Waals surface area contributed by atoms with Crippen LogP contribution in [0, 0.1) is 5.92 Å². The fourth-order valence-corrected chi connectivity index (χ4v) is 5.22. The molecular weight excluding hydrogens is 509 g/mol. The highest BCUT2D eigenvalue weighted by Gasteiger charge is 2.51. The average molecular weight is 538 g/mol. The standard InChI is InChI=1S/C19H29ClN5O9P/c1-9-3-2-4-11(9)22-15-10-5-21-25(16(10)24-18(20)23-15)17-14(29)13(28)12(34-17)6-33-19(7-26,8-27)35(30,31)32/h5,9,11-14,17,26-29H,2-4,6-8H2,1H3,(H,22,23,24)(H2,30,31,32)/t9-,11-,12-,13-,14-,17-/m1/s1. The van der Waals surface area contributed by atoms with Crippen molar-refractivity contribution in [1.82, 2.24) is 19.7 Å². The fraction of sp³-hybridized carbons (Fsp3) is 0.737. The molecule has 3 heterocycles. The Bertz CT molecular complexity index is 1100. The summed E-state index contributed by atoms with van der Waals surface area (Å²) in [6.45, 7) is -0.869. The highest BCUT2D eigenvalue weighted by atomic mass is 35.5. The zero-order valence-electron chi connectivity index (χ0n) is 18.8. The number of ether oxygens (including phenoxy) is 2. The zero-order valence-corrected chi connectivity index (χ0v) is 20.5. The van der Waals surface area contributed by atoms with Gasteiger partial charge >= 0.3 is 7.60 Å². The van der Waals surface area contributed by atoms with Crippen molar-refractivity contribution in [2.75, 3.05) is 25.1 Å². The van der Waals surface area contributed by atoms with E-state index in [-0.39, 0.29) is 17.0 Å². The van der Waals surface area contributed by atoms with Crippen molar-refractivity contribution in [2.24, 2.45) is 5.92 Å². The van der Waals surface area contributed by atoms with Crippen molar-refractivity contribution in [2.45, 2.75) is 62.1 Å². The topological polar surface area (TPSA) is 213 Å². The quantitative estimate of drug-likeness (QED) is 0.160. The van der Waals surface area contributed by atoms with Gasteiger partial charge in [-0.2, -0.15) is 15.1 Å². The molecule has 1 aliphatic carbocycles. The summed E-state index contributed by atoms with van der Waals surface area (Å²) in [5.41, 5.74) is 0.242. The van der Waals surface area contributed by atoms with Gasteiger partial charge in [0.15, 0.2) is 11.9 Å². The number of hydrogen-bond donors (Lipinski definition) is 7. The lowest BCUT2D eigenvalue weighted by Crippen LogP contribution is -2.44. The molecule has 0 aromatic carbocycles. The zero-order chi connectivity index (χ0) is 25.5. The van der Waals surface area contributed by atoms with Gasteiger partial charge in [-0.1, -0.05) is 13.3 Å². The maximum atomic E-state index is 11.7. The first-order valence-electron chi connectivity index (χ1n) is 11.1. The molecule has 0 radical (unpaired) electrons. The summed E-state index contributed by atoms with van der Waals surface area (Å²) in [6, 6.07) is 0.205. The van der Waals surface area contributed by atoms with Crippen LogP contribution >= 0.6 is 19.2 Å². The Morgan fingerprint density at radius 3 is 2.57 bits per heavy atom. The van der Waals surface area contributed by atoms with E-state index in [1.807, 2.05) is 0 Å². The smallest absolute Gasteiger partial charge is 0.361 e. The van der Waals surface area contributed by atoms with Crippen LogP contribution in [-0.4, -0.2) is 99.5 Å². The first-order valence-corrected chi connectivity index (χ1v) is 13.1. The Morgan fingerprint density at radius 2 is 1.97 bits per heavy atom. The molecule has 2 aromatic heterocycles. The largest absolute Gasteiger partial charge is 0.393 e. The van der Waals surface area contributed by atoms with E-state index in [1.54, 1.807) is 0 Å². The summed E-state index contributed by atoms with van der Waals surface area (Å²) in [7, 11) is -5.10. The fourth-order valence-electron chi connectivity index (χ4n) is 4.45. The minimum absolute atomic E-state index is 0.0577. The van der Waals surface area contributed by atoms with Crippen LogP contribution in [0.25, 0.3) is 11.0 Å². The Hall–Kier alpha value is -1.45. The lowest BCUT2D eigenvalue weighted by atomic mass is 10.1. The van der Waals surface area contributed by atoms with Crippen LogP contribution in [0.2, 0.25) is 5.28 Å². The Balaban J connectivity index is 1.57. The van der Waals surface area contributed by atoms with E-state index >= 15 is 0 Å². The molecule has 0 amide bonds. The summed E-state index contributed by atoms with van der Waals surface area (Å²) < 4.78 is 23.8. The third-order valence-corrected chi connectivity index (χ3v) is 8.37. The van der Waals surface area contributed by atoms with Gasteiger partial charge in [0.25, 0.3) is 0 Å². The van der Waals surface area contributed by atoms with Crippen molar-refractivity contribution < 1.29 is 44.3 Å². The molecule has 6 atom stereocenters. The predicted octanol–water partition coefficient (Wildman–Crippen LogP) is -0.425. The third-order valence-electron chi connectivity index (χ3n) is 6.73. The van der Waals surface area contributed by atoms with Crippen molar-refractivity contribution in [3.63, 3.8) is 0 Å². The van der Waals surface area contributed by atoms with Gasteiger partial charge in [0.2, 0.25) is 10.6 Å². The number of aliphatic hydroxyl groups is 4. The van der Waals surface area contributed by atoms with Gasteiger partial charge in [-0.05, 0) is 30.4 Å². The first-order chi connectivity index (χ1) is 16.5. The van der Waals surface area contributed by atoms with Crippen molar-refractivity contribution >= 4 is 36.0 Å². The number of rotatable bonds is 9. The van der Waals surface area contributed by atoms with Crippen LogP contribution in [0.4, 0.5) is 5.82 Å². The molecule has 196 valence electrons. The molecule has 1 aliphatic heterocycles. The summed E-state index contributed by atoms with van der Waals surface area (Å²) in [6.07, 6.45) is -0.914. The molecule has 7 N–H and O–H groups in total. The molecule has 35 heavy (non-hydrogen) atoms. The highest BCUT2D eigenvalue weighted by molar-refractivity contribution is 7.53. The van der Waals surface area contributed by atoms with Crippen molar-refractivity contribution in [3.8, 4) is 0 Å². The number of nitrogens with one attached hydrogen (secondary N) is 1. The normalized spacial score (nSPS) is 29.8. The molecule has 16 heteroatoms. The van der Waals surface area contributed by atoms with E-state index in [1.165, 1.54) is 10.9 Å². The van der Waals surface area contributed by atoms with E-state index < -0.39 is 57.3 Å². The number of halogens is 1. The van der Waals surface area contributed by atoms with Crippen LogP contribution < -0.4 is 5.32 Å². The molecule has 1 saturated carbocycles. The van der Waals surface area contributed by atoms with Gasteiger partial charge < -0.3 is 45.0 Å². The van der Waals surface area contributed by atoms with Crippen LogP contribution in [0.1, 0.15) is 32.4 Å². The van der Waals surface area contributed by atoms with Crippen LogP contribution in [0.5, 0.6) is 0 Å². The van der Waals surface area contributed by atoms with Gasteiger partial charge in [0.1, 0.15) is 24.1 Å². The Morgan fingerprint density at radius 1 is 1.26 bits per heavy atom. The molecule has 1 saturated heterocycles. The summed E-state index contributed by atoms with van der Waals surface area (Å²) in [5.74, 6) is 0.929. The molecule has 14 nitrogen and oxygen atoms in total. The Labute approximate surface area is 205 Å². The molecule has 0 unspecified atom stereocenters. The van der Waals surface area contributed by atoms with Gasteiger partial charge in [0, 0.05) is 6.04 Å². The second-order valence-corrected chi connectivity index (χ2v) is 11.2. The molecule has 2 aromatic rings. The van der Waals surface area contributed by atoms with E-state index in [0.717, 1.165) is 19.3 Å². The van der Waals surface area contributed by atoms with Crippen molar-refractivity contribution in [3.05, 3.63) is 11.5 Å². The number of hydrogen-bond acceptors (Lipinski definition) is 11. The predicted molar refractivity (Wildman–Crippen MR) is 122 cm³/mol. The lowest BCUT2D eigenvalue weighted by Gasteiger charge is -2.31. The van der Waals surface area contributed by atoms with Gasteiger partial charge in [0.05, 0.1) is 31.4 Å². The van der Waals surface area contributed by atoms with Gasteiger partial charge in [-0.25, -0.2) is 4.68 Å². The van der Waals surface area contributed by atoms with Crippen LogP contribution in [0.15, 0.2) is 6.20 Å². The molecule has 0 spiro atoms. The maximum Gasteiger partial charge on any atom is 0.361 e. The van der Waals surface area contributed by atoms with E-state index in [4.69, 9.17) is 21.1 Å². The summed E-state index contributed by atoms with van der Waals surface area (Å²) >= 11 is 6.15. The van der Waals surface area contributed by atoms with Crippen molar-refractivity contribution in [1.29, 1.82) is 0 Å². The first kappa shape index (κ1) is 26.6. The van der Waals surface area contributed by atoms with Crippen LogP contribution in [0.3, 0.4) is 0 Å². The van der Waals surface area contributed by atoms with Crippen LogP contribution in [-0.2, 0) is 14.0 Å². The lowest BCUT2D eigenvalue weighted by molar-refractivity contribution is -0.121. The van der Waals surface area contributed by atoms with Gasteiger partial charge in [-0.3, -0.25) is 4.57 Å². The Kier molecular flexibility index (Phi) is 7.70. The summed E-state index contributed by atoms with van der Waals surface area (Å²) in [4.78, 5) is 27.4. The van der Waals surface area contributed by atoms with Gasteiger partial charge in [-0.15, -0.1) is 0 Å². The molecular formula is C19H29ClN5O9P. The number of fused-ring (bicyclic) bond motifs is 1. The second-order valence-electron chi connectivity index (χ2n) is 8.99. The number of aromatic nitrogens is 4. The molecule has 4 rings (SSSR count). The number of nitrogens with zero attached hydrogens (tertiary/aromatic N) is 4. The monoisotopic (exact) mass is 537 g/mol. The molecule has 2 fully saturated rings. The highest BCUT2D eigenvalue weighted by Crippen LogP contribution is 2.51. The number of anilines is 1. The SMILES string of the molecule is C[C@@H]1CCC[C@H]1Nc1nc(Cl)nc2c1cnn2[C@@H]1O[C@H](COC(CO)(CO)P(=O)(O)O)[C@@H](O)[C@H]1O. The second kappa shape index (κ2) is 10.1. The third kappa shape index (κ3) is 4.92. The van der Waals surface area contributed by atoms with E-state index in [0.29, 0.717) is 17.1 Å². The molecule has 0 bridgehead atoms. The van der Waals surface area contributed by atoms with E-state index in [2.05, 4.69) is 27.3 Å².